The number of esters is 1. The number of benzene rings is 1. The van der Waals surface area contributed by atoms with Gasteiger partial charge in [-0.3, -0.25) is 0 Å². The van der Waals surface area contributed by atoms with Gasteiger partial charge in [-0.15, -0.1) is 0 Å². The van der Waals surface area contributed by atoms with Crippen LogP contribution in [0, 0.1) is 20.8 Å². The molecular formula is C13H19NO2. The number of rotatable bonds is 3. The first-order chi connectivity index (χ1) is 7.51. The van der Waals surface area contributed by atoms with E-state index in [0.717, 1.165) is 11.1 Å². The van der Waals surface area contributed by atoms with Crippen LogP contribution < -0.4 is 5.32 Å². The lowest BCUT2D eigenvalue weighted by Gasteiger charge is -2.18. The molecule has 0 radical (unpaired) electrons. The third-order valence-electron chi connectivity index (χ3n) is 2.92. The van der Waals surface area contributed by atoms with Crippen molar-refractivity contribution in [3.63, 3.8) is 0 Å². The molecule has 0 saturated heterocycles. The second kappa shape index (κ2) is 5.12. The van der Waals surface area contributed by atoms with E-state index in [1.807, 2.05) is 19.9 Å². The Kier molecular flexibility index (Phi) is 4.07. The maximum absolute atomic E-state index is 11.6. The van der Waals surface area contributed by atoms with E-state index < -0.39 is 0 Å². The Morgan fingerprint density at radius 2 is 1.75 bits per heavy atom. The molecule has 1 aromatic carbocycles. The van der Waals surface area contributed by atoms with Crippen molar-refractivity contribution in [2.45, 2.75) is 26.8 Å². The van der Waals surface area contributed by atoms with E-state index in [9.17, 15) is 4.79 Å². The molecule has 0 heterocycles. The van der Waals surface area contributed by atoms with Gasteiger partial charge in [0.1, 0.15) is 6.04 Å². The molecule has 3 nitrogen and oxygen atoms in total. The smallest absolute Gasteiger partial charge is 0.327 e. The summed E-state index contributed by atoms with van der Waals surface area (Å²) in [4.78, 5) is 11.6. The highest BCUT2D eigenvalue weighted by molar-refractivity contribution is 5.78. The summed E-state index contributed by atoms with van der Waals surface area (Å²) in [5, 5.41) is 2.98. The van der Waals surface area contributed by atoms with Crippen LogP contribution in [0.5, 0.6) is 0 Å². The molecule has 88 valence electrons. The second-order valence-electron chi connectivity index (χ2n) is 4.04. The third-order valence-corrected chi connectivity index (χ3v) is 2.92. The molecule has 0 aliphatic carbocycles. The van der Waals surface area contributed by atoms with Crippen molar-refractivity contribution in [1.82, 2.24) is 5.32 Å². The van der Waals surface area contributed by atoms with E-state index in [1.165, 1.54) is 18.2 Å². The van der Waals surface area contributed by atoms with Crippen LogP contribution in [0.25, 0.3) is 0 Å². The summed E-state index contributed by atoms with van der Waals surface area (Å²) in [7, 11) is 3.17. The fraction of sp³-hybridized carbons (Fsp3) is 0.462. The van der Waals surface area contributed by atoms with Crippen LogP contribution in [-0.2, 0) is 9.53 Å². The number of carbonyl (C=O) groups excluding carboxylic acids is 1. The van der Waals surface area contributed by atoms with Gasteiger partial charge in [-0.25, -0.2) is 4.79 Å². The molecule has 1 unspecified atom stereocenters. The summed E-state index contributed by atoms with van der Waals surface area (Å²) < 4.78 is 4.78. The number of carbonyl (C=O) groups is 1. The lowest BCUT2D eigenvalue weighted by Crippen LogP contribution is -2.27. The van der Waals surface area contributed by atoms with Gasteiger partial charge in [0.15, 0.2) is 0 Å². The minimum atomic E-state index is -0.385. The first-order valence-corrected chi connectivity index (χ1v) is 5.34. The van der Waals surface area contributed by atoms with Crippen molar-refractivity contribution < 1.29 is 9.53 Å². The van der Waals surface area contributed by atoms with Crippen LogP contribution in [0.2, 0.25) is 0 Å². The predicted molar refractivity (Wildman–Crippen MR) is 64.5 cm³/mol. The van der Waals surface area contributed by atoms with Crippen molar-refractivity contribution in [3.8, 4) is 0 Å². The molecule has 3 heteroatoms. The Morgan fingerprint density at radius 1 is 1.19 bits per heavy atom. The van der Waals surface area contributed by atoms with Crippen molar-refractivity contribution in [2.75, 3.05) is 14.2 Å². The maximum Gasteiger partial charge on any atom is 0.327 e. The minimum Gasteiger partial charge on any atom is -0.468 e. The van der Waals surface area contributed by atoms with Gasteiger partial charge >= 0.3 is 5.97 Å². The number of ether oxygens (including phenoxy) is 1. The Labute approximate surface area is 96.8 Å². The van der Waals surface area contributed by atoms with E-state index in [4.69, 9.17) is 4.74 Å². The molecule has 1 atom stereocenters. The molecule has 0 fully saturated rings. The second-order valence-corrected chi connectivity index (χ2v) is 4.04. The molecule has 0 saturated carbocycles. The topological polar surface area (TPSA) is 38.3 Å². The Hall–Kier alpha value is -1.35. The summed E-state index contributed by atoms with van der Waals surface area (Å²) >= 11 is 0. The van der Waals surface area contributed by atoms with Crippen LogP contribution >= 0.6 is 0 Å². The molecular weight excluding hydrogens is 202 g/mol. The van der Waals surface area contributed by atoms with Crippen molar-refractivity contribution >= 4 is 5.97 Å². The van der Waals surface area contributed by atoms with E-state index in [-0.39, 0.29) is 12.0 Å². The van der Waals surface area contributed by atoms with Gasteiger partial charge in [0.2, 0.25) is 0 Å². The van der Waals surface area contributed by atoms with E-state index >= 15 is 0 Å². The Morgan fingerprint density at radius 3 is 2.25 bits per heavy atom. The van der Waals surface area contributed by atoms with Gasteiger partial charge in [-0.1, -0.05) is 12.1 Å². The molecule has 0 amide bonds. The summed E-state index contributed by atoms with van der Waals surface area (Å²) in [5.41, 5.74) is 4.51. The SMILES string of the molecule is CNC(C(=O)OC)c1cc(C)c(C)cc1C. The quantitative estimate of drug-likeness (QED) is 0.794. The summed E-state index contributed by atoms with van der Waals surface area (Å²) in [5.74, 6) is -0.256. The molecule has 1 rings (SSSR count). The maximum atomic E-state index is 11.6. The minimum absolute atomic E-state index is 0.256. The van der Waals surface area contributed by atoms with E-state index in [1.54, 1.807) is 7.05 Å². The zero-order chi connectivity index (χ0) is 12.3. The third kappa shape index (κ3) is 2.42. The highest BCUT2D eigenvalue weighted by atomic mass is 16.5. The van der Waals surface area contributed by atoms with Gasteiger partial charge < -0.3 is 10.1 Å². The first kappa shape index (κ1) is 12.7. The van der Waals surface area contributed by atoms with Crippen LogP contribution in [0.3, 0.4) is 0 Å². The number of likely N-dealkylation sites (N-methyl/N-ethyl adjacent to an activating group) is 1. The molecule has 0 bridgehead atoms. The lowest BCUT2D eigenvalue weighted by molar-refractivity contribution is -0.143. The van der Waals surface area contributed by atoms with Crippen molar-refractivity contribution in [3.05, 3.63) is 34.4 Å². The van der Waals surface area contributed by atoms with Gasteiger partial charge in [-0.2, -0.15) is 0 Å². The fourth-order valence-electron chi connectivity index (χ4n) is 1.81. The summed E-state index contributed by atoms with van der Waals surface area (Å²) in [6.45, 7) is 6.12. The zero-order valence-corrected chi connectivity index (χ0v) is 10.5. The number of hydrogen-bond acceptors (Lipinski definition) is 3. The number of nitrogens with one attached hydrogen (secondary N) is 1. The number of aryl methyl sites for hydroxylation is 3. The Balaban J connectivity index is 3.20. The molecule has 1 N–H and O–H groups in total. The summed E-state index contributed by atoms with van der Waals surface area (Å²) in [6, 6.07) is 3.75. The van der Waals surface area contributed by atoms with E-state index in [2.05, 4.69) is 18.3 Å². The van der Waals surface area contributed by atoms with Gasteiger partial charge in [0.05, 0.1) is 7.11 Å². The normalized spacial score (nSPS) is 12.3. The predicted octanol–water partition coefficient (Wildman–Crippen LogP) is 2.05. The average molecular weight is 221 g/mol. The van der Waals surface area contributed by atoms with Crippen molar-refractivity contribution in [2.24, 2.45) is 0 Å². The fourth-order valence-corrected chi connectivity index (χ4v) is 1.81. The standard InChI is InChI=1S/C13H19NO2/c1-8-6-10(3)11(7-9(8)2)12(14-4)13(15)16-5/h6-7,12,14H,1-5H3. The number of methoxy groups -OCH3 is 1. The molecule has 0 spiro atoms. The van der Waals surface area contributed by atoms with Crippen LogP contribution in [0.15, 0.2) is 12.1 Å². The first-order valence-electron chi connectivity index (χ1n) is 5.34. The highest BCUT2D eigenvalue weighted by Gasteiger charge is 2.21. The largest absolute Gasteiger partial charge is 0.468 e. The molecule has 0 aromatic heterocycles. The van der Waals surface area contributed by atoms with Crippen LogP contribution in [0.4, 0.5) is 0 Å². The van der Waals surface area contributed by atoms with Crippen LogP contribution in [-0.4, -0.2) is 20.1 Å². The average Bonchev–Trinajstić information content (AvgIpc) is 2.26. The van der Waals surface area contributed by atoms with E-state index in [0.29, 0.717) is 0 Å². The molecule has 0 aliphatic rings. The van der Waals surface area contributed by atoms with Gasteiger partial charge in [0, 0.05) is 0 Å². The monoisotopic (exact) mass is 221 g/mol. The van der Waals surface area contributed by atoms with Gasteiger partial charge in [-0.05, 0) is 50.1 Å². The van der Waals surface area contributed by atoms with Crippen LogP contribution in [0.1, 0.15) is 28.3 Å². The highest BCUT2D eigenvalue weighted by Crippen LogP contribution is 2.22. The lowest BCUT2D eigenvalue weighted by atomic mass is 9.96. The van der Waals surface area contributed by atoms with Crippen molar-refractivity contribution in [1.29, 1.82) is 0 Å². The molecule has 1 aromatic rings. The molecule has 0 aliphatic heterocycles. The van der Waals surface area contributed by atoms with Gasteiger partial charge in [0.25, 0.3) is 0 Å². The molecule has 16 heavy (non-hydrogen) atoms. The zero-order valence-electron chi connectivity index (χ0n) is 10.5. The summed E-state index contributed by atoms with van der Waals surface area (Å²) in [6.07, 6.45) is 0. The Bertz CT molecular complexity index is 399. The number of hydrogen-bond donors (Lipinski definition) is 1.